The van der Waals surface area contributed by atoms with Gasteiger partial charge in [0.25, 0.3) is 0 Å². The summed E-state index contributed by atoms with van der Waals surface area (Å²) < 4.78 is 0. The summed E-state index contributed by atoms with van der Waals surface area (Å²) in [6, 6.07) is 0. The summed E-state index contributed by atoms with van der Waals surface area (Å²) in [4.78, 5) is 8.48. The van der Waals surface area contributed by atoms with Crippen molar-refractivity contribution in [2.45, 2.75) is 6.92 Å². The van der Waals surface area contributed by atoms with Gasteiger partial charge >= 0.3 is 0 Å². The summed E-state index contributed by atoms with van der Waals surface area (Å²) >= 11 is 1.42. The molecule has 53 valence electrons. The van der Waals surface area contributed by atoms with Gasteiger partial charge in [-0.25, -0.2) is 4.98 Å². The van der Waals surface area contributed by atoms with Crippen LogP contribution < -0.4 is 0 Å². The minimum atomic E-state index is 0.778. The van der Waals surface area contributed by atoms with Crippen molar-refractivity contribution in [1.29, 1.82) is 0 Å². The number of hydrogen-bond acceptors (Lipinski definition) is 4. The first-order valence-electron chi connectivity index (χ1n) is 2.74. The molecule has 0 amide bonds. The highest BCUT2D eigenvalue weighted by Crippen LogP contribution is 2.01. The van der Waals surface area contributed by atoms with Crippen LogP contribution in [0.3, 0.4) is 0 Å². The highest BCUT2D eigenvalue weighted by atomic mass is 32.1. The fourth-order valence-electron chi connectivity index (χ4n) is 0.534. The van der Waals surface area contributed by atoms with E-state index in [1.54, 1.807) is 0 Å². The van der Waals surface area contributed by atoms with Crippen LogP contribution in [-0.2, 0) is 4.84 Å². The number of hydrogen-bond donors (Lipinski definition) is 0. The van der Waals surface area contributed by atoms with E-state index in [2.05, 4.69) is 20.5 Å². The fraction of sp³-hybridized carbons (Fsp3) is 0.333. The maximum absolute atomic E-state index is 4.57. The van der Waals surface area contributed by atoms with Crippen LogP contribution in [0.5, 0.6) is 0 Å². The lowest BCUT2D eigenvalue weighted by Gasteiger charge is -1.90. The van der Waals surface area contributed by atoms with Crippen molar-refractivity contribution in [3.8, 4) is 0 Å². The Hall–Kier alpha value is -0.900. The molecule has 0 bridgehead atoms. The Bertz CT molecular complexity index is 218. The molecule has 1 aromatic rings. The molecule has 0 aliphatic rings. The number of thiazole rings is 1. The van der Waals surface area contributed by atoms with Crippen molar-refractivity contribution in [3.63, 3.8) is 0 Å². The molecule has 4 heteroatoms. The smallest absolute Gasteiger partial charge is 0.152 e. The lowest BCUT2D eigenvalue weighted by molar-refractivity contribution is 0.213. The standard InChI is InChI=1S/C6H7N2OS/c1-5(8-9-2)6-3-10-4-7-6/h3H,1-2H3. The van der Waals surface area contributed by atoms with Gasteiger partial charge in [-0.05, 0) is 6.92 Å². The predicted molar refractivity (Wildman–Crippen MR) is 40.2 cm³/mol. The van der Waals surface area contributed by atoms with E-state index in [1.165, 1.54) is 18.4 Å². The molecule has 1 rings (SSSR count). The molecule has 0 spiro atoms. The lowest BCUT2D eigenvalue weighted by atomic mass is 10.3. The Balaban J connectivity index is 2.77. The van der Waals surface area contributed by atoms with Gasteiger partial charge in [0, 0.05) is 5.38 Å². The van der Waals surface area contributed by atoms with E-state index in [1.807, 2.05) is 12.3 Å². The molecule has 3 nitrogen and oxygen atoms in total. The minimum absolute atomic E-state index is 0.778. The third-order valence-electron chi connectivity index (χ3n) is 0.988. The van der Waals surface area contributed by atoms with Crippen LogP contribution in [0.25, 0.3) is 0 Å². The van der Waals surface area contributed by atoms with Crippen molar-refractivity contribution in [2.24, 2.45) is 5.16 Å². The summed E-state index contributed by atoms with van der Waals surface area (Å²) in [7, 11) is 1.51. The highest BCUT2D eigenvalue weighted by molar-refractivity contribution is 7.07. The summed E-state index contributed by atoms with van der Waals surface area (Å²) in [5.74, 6) is 0. The van der Waals surface area contributed by atoms with Crippen molar-refractivity contribution in [2.75, 3.05) is 7.11 Å². The molecule has 0 N–H and O–H groups in total. The predicted octanol–water partition coefficient (Wildman–Crippen LogP) is 1.31. The molecule has 1 radical (unpaired) electrons. The average Bonchev–Trinajstić information content (AvgIpc) is 2.38. The van der Waals surface area contributed by atoms with Gasteiger partial charge < -0.3 is 4.84 Å². The fourth-order valence-corrected chi connectivity index (χ4v) is 1.07. The van der Waals surface area contributed by atoms with Crippen LogP contribution in [0.15, 0.2) is 10.5 Å². The Morgan fingerprint density at radius 1 is 1.90 bits per heavy atom. The molecular formula is C6H7N2OS. The first-order chi connectivity index (χ1) is 4.84. The molecule has 0 aromatic carbocycles. The van der Waals surface area contributed by atoms with E-state index >= 15 is 0 Å². The van der Waals surface area contributed by atoms with Crippen LogP contribution in [0.2, 0.25) is 0 Å². The van der Waals surface area contributed by atoms with Crippen LogP contribution >= 0.6 is 11.3 Å². The summed E-state index contributed by atoms with van der Waals surface area (Å²) in [6.07, 6.45) is 0. The number of rotatable bonds is 2. The average molecular weight is 155 g/mol. The summed E-state index contributed by atoms with van der Waals surface area (Å²) in [6.45, 7) is 1.84. The third kappa shape index (κ3) is 1.54. The van der Waals surface area contributed by atoms with Crippen molar-refractivity contribution in [1.82, 2.24) is 4.98 Å². The van der Waals surface area contributed by atoms with Gasteiger partial charge in [0.2, 0.25) is 0 Å². The van der Waals surface area contributed by atoms with Crippen LogP contribution in [-0.4, -0.2) is 17.8 Å². The zero-order valence-corrected chi connectivity index (χ0v) is 6.60. The molecule has 0 aliphatic carbocycles. The molecule has 0 unspecified atom stereocenters. The number of oxime groups is 1. The van der Waals surface area contributed by atoms with Gasteiger partial charge in [-0.15, -0.1) is 11.3 Å². The molecule has 1 heterocycles. The highest BCUT2D eigenvalue weighted by Gasteiger charge is 1.97. The molecule has 0 saturated carbocycles. The minimum Gasteiger partial charge on any atom is -0.399 e. The normalized spacial score (nSPS) is 11.6. The van der Waals surface area contributed by atoms with Gasteiger partial charge in [0.15, 0.2) is 5.51 Å². The van der Waals surface area contributed by atoms with Crippen LogP contribution in [0, 0.1) is 5.51 Å². The maximum Gasteiger partial charge on any atom is 0.152 e. The van der Waals surface area contributed by atoms with Crippen LogP contribution in [0.4, 0.5) is 0 Å². The van der Waals surface area contributed by atoms with E-state index in [0.29, 0.717) is 0 Å². The Morgan fingerprint density at radius 3 is 3.20 bits per heavy atom. The second-order valence-corrected chi connectivity index (χ2v) is 2.34. The maximum atomic E-state index is 4.57. The second-order valence-electron chi connectivity index (χ2n) is 1.68. The van der Waals surface area contributed by atoms with Crippen molar-refractivity contribution in [3.05, 3.63) is 16.6 Å². The molecule has 10 heavy (non-hydrogen) atoms. The van der Waals surface area contributed by atoms with E-state index in [9.17, 15) is 0 Å². The van der Waals surface area contributed by atoms with E-state index in [0.717, 1.165) is 11.4 Å². The van der Waals surface area contributed by atoms with Crippen LogP contribution in [0.1, 0.15) is 12.6 Å². The molecule has 0 atom stereocenters. The zero-order chi connectivity index (χ0) is 7.40. The van der Waals surface area contributed by atoms with Crippen molar-refractivity contribution >= 4 is 17.0 Å². The Labute approximate surface area is 63.3 Å². The first kappa shape index (κ1) is 7.21. The van der Waals surface area contributed by atoms with Gasteiger partial charge in [0.1, 0.15) is 12.8 Å². The Morgan fingerprint density at radius 2 is 2.70 bits per heavy atom. The van der Waals surface area contributed by atoms with E-state index in [4.69, 9.17) is 0 Å². The lowest BCUT2D eigenvalue weighted by Crippen LogP contribution is -1.94. The molecule has 0 fully saturated rings. The molecule has 0 saturated heterocycles. The number of nitrogens with zero attached hydrogens (tertiary/aromatic N) is 2. The van der Waals surface area contributed by atoms with Gasteiger partial charge in [-0.2, -0.15) is 0 Å². The topological polar surface area (TPSA) is 34.5 Å². The molecule has 0 aliphatic heterocycles. The summed E-state index contributed by atoms with van der Waals surface area (Å²) in [5, 5.41) is 5.58. The quantitative estimate of drug-likeness (QED) is 0.476. The third-order valence-corrected chi connectivity index (χ3v) is 1.53. The largest absolute Gasteiger partial charge is 0.399 e. The van der Waals surface area contributed by atoms with Gasteiger partial charge in [-0.3, -0.25) is 0 Å². The Kier molecular flexibility index (Phi) is 2.39. The zero-order valence-electron chi connectivity index (χ0n) is 5.79. The van der Waals surface area contributed by atoms with E-state index < -0.39 is 0 Å². The number of aromatic nitrogens is 1. The SMILES string of the molecule is CON=C(C)c1cs[c]n1. The van der Waals surface area contributed by atoms with E-state index in [-0.39, 0.29) is 0 Å². The van der Waals surface area contributed by atoms with Gasteiger partial charge in [-0.1, -0.05) is 5.16 Å². The molecule has 1 aromatic heterocycles. The van der Waals surface area contributed by atoms with Crippen molar-refractivity contribution < 1.29 is 4.84 Å². The second kappa shape index (κ2) is 3.31. The first-order valence-corrected chi connectivity index (χ1v) is 3.62. The summed E-state index contributed by atoms with van der Waals surface area (Å²) in [5.41, 5.74) is 4.33. The monoisotopic (exact) mass is 155 g/mol. The van der Waals surface area contributed by atoms with Gasteiger partial charge in [0.05, 0.1) is 5.69 Å². The molecular weight excluding hydrogens is 148 g/mol.